The van der Waals surface area contributed by atoms with E-state index < -0.39 is 0 Å². The highest BCUT2D eigenvalue weighted by molar-refractivity contribution is 5.84. The molecule has 2 heteroatoms. The molecule has 0 unspecified atom stereocenters. The van der Waals surface area contributed by atoms with E-state index in [1.165, 1.54) is 0 Å². The van der Waals surface area contributed by atoms with Gasteiger partial charge in [0.1, 0.15) is 0 Å². The van der Waals surface area contributed by atoms with E-state index in [9.17, 15) is 4.79 Å². The zero-order valence-electron chi connectivity index (χ0n) is 5.61. The van der Waals surface area contributed by atoms with Crippen LogP contribution in [0.25, 0.3) is 0 Å². The summed E-state index contributed by atoms with van der Waals surface area (Å²) in [4.78, 5) is 10.7. The van der Waals surface area contributed by atoms with Gasteiger partial charge in [-0.1, -0.05) is 6.92 Å². The molecule has 0 aliphatic heterocycles. The standard InChI is InChI=1S/C7H11NO/c1-6-2-7(3-6,4-6)5(8)9/h2-4H2,1H3,(H2,8,9). The zero-order chi connectivity index (χ0) is 6.70. The number of hydrogen-bond donors (Lipinski definition) is 1. The summed E-state index contributed by atoms with van der Waals surface area (Å²) in [6, 6.07) is 0. The van der Waals surface area contributed by atoms with Gasteiger partial charge in [-0.05, 0) is 24.7 Å². The minimum Gasteiger partial charge on any atom is -0.369 e. The number of carbonyl (C=O) groups is 1. The second-order valence-corrected chi connectivity index (χ2v) is 3.99. The molecule has 2 N–H and O–H groups in total. The van der Waals surface area contributed by atoms with Crippen molar-refractivity contribution in [3.63, 3.8) is 0 Å². The van der Waals surface area contributed by atoms with Crippen molar-refractivity contribution in [1.29, 1.82) is 0 Å². The number of rotatable bonds is 1. The van der Waals surface area contributed by atoms with E-state index in [0.29, 0.717) is 5.41 Å². The Balaban J connectivity index is 2.13. The van der Waals surface area contributed by atoms with Crippen LogP contribution in [0, 0.1) is 10.8 Å². The smallest absolute Gasteiger partial charge is 0.223 e. The molecule has 50 valence electrons. The van der Waals surface area contributed by atoms with Crippen LogP contribution in [0.3, 0.4) is 0 Å². The highest BCUT2D eigenvalue weighted by Crippen LogP contribution is 2.72. The molecule has 0 heterocycles. The molecule has 1 amide bonds. The molecule has 9 heavy (non-hydrogen) atoms. The van der Waals surface area contributed by atoms with Gasteiger partial charge in [0.2, 0.25) is 5.91 Å². The second-order valence-electron chi connectivity index (χ2n) is 3.99. The Hall–Kier alpha value is -0.530. The number of primary amides is 1. The van der Waals surface area contributed by atoms with Gasteiger partial charge in [0.25, 0.3) is 0 Å². The minimum atomic E-state index is -0.0776. The molecule has 2 nitrogen and oxygen atoms in total. The molecule has 2 bridgehead atoms. The Morgan fingerprint density at radius 2 is 1.89 bits per heavy atom. The van der Waals surface area contributed by atoms with Gasteiger partial charge in [-0.2, -0.15) is 0 Å². The Labute approximate surface area is 54.4 Å². The lowest BCUT2D eigenvalue weighted by atomic mass is 9.36. The number of carbonyl (C=O) groups excluding carboxylic acids is 1. The molecule has 3 aliphatic carbocycles. The molecule has 0 spiro atoms. The Bertz CT molecular complexity index is 166. The van der Waals surface area contributed by atoms with Crippen molar-refractivity contribution < 1.29 is 4.79 Å². The van der Waals surface area contributed by atoms with Gasteiger partial charge in [0.05, 0.1) is 5.41 Å². The molecule has 3 rings (SSSR count). The van der Waals surface area contributed by atoms with E-state index in [1.807, 2.05) is 0 Å². The summed E-state index contributed by atoms with van der Waals surface area (Å²) in [5, 5.41) is 0. The van der Waals surface area contributed by atoms with Crippen LogP contribution >= 0.6 is 0 Å². The van der Waals surface area contributed by atoms with Crippen LogP contribution in [0.15, 0.2) is 0 Å². The van der Waals surface area contributed by atoms with Gasteiger partial charge in [-0.3, -0.25) is 4.79 Å². The van der Waals surface area contributed by atoms with E-state index in [0.717, 1.165) is 19.3 Å². The zero-order valence-corrected chi connectivity index (χ0v) is 5.61. The highest BCUT2D eigenvalue weighted by atomic mass is 16.1. The summed E-state index contributed by atoms with van der Waals surface area (Å²) in [7, 11) is 0. The van der Waals surface area contributed by atoms with E-state index >= 15 is 0 Å². The third-order valence-corrected chi connectivity index (χ3v) is 2.82. The Morgan fingerprint density at radius 1 is 1.44 bits per heavy atom. The van der Waals surface area contributed by atoms with Crippen LogP contribution in [0.4, 0.5) is 0 Å². The van der Waals surface area contributed by atoms with Gasteiger partial charge in [-0.25, -0.2) is 0 Å². The molecular weight excluding hydrogens is 114 g/mol. The molecule has 0 aromatic rings. The number of hydrogen-bond acceptors (Lipinski definition) is 1. The van der Waals surface area contributed by atoms with Crippen LogP contribution in [0.1, 0.15) is 26.2 Å². The fourth-order valence-electron chi connectivity index (χ4n) is 2.56. The first-order valence-corrected chi connectivity index (χ1v) is 3.36. The summed E-state index contributed by atoms with van der Waals surface area (Å²) in [5.74, 6) is -0.0776. The van der Waals surface area contributed by atoms with E-state index in [1.54, 1.807) is 0 Å². The Kier molecular flexibility index (Phi) is 0.600. The predicted molar refractivity (Wildman–Crippen MR) is 33.6 cm³/mol. The molecule has 3 fully saturated rings. The molecule has 0 aromatic carbocycles. The first kappa shape index (κ1) is 5.27. The van der Waals surface area contributed by atoms with Crippen LogP contribution in [0.5, 0.6) is 0 Å². The quantitative estimate of drug-likeness (QED) is 0.549. The predicted octanol–water partition coefficient (Wildman–Crippen LogP) is 0.662. The highest BCUT2D eigenvalue weighted by Gasteiger charge is 2.68. The lowest BCUT2D eigenvalue weighted by molar-refractivity contribution is -0.196. The van der Waals surface area contributed by atoms with E-state index in [4.69, 9.17) is 5.73 Å². The molecular formula is C7H11NO. The van der Waals surface area contributed by atoms with Crippen LogP contribution in [-0.4, -0.2) is 5.91 Å². The molecule has 3 saturated carbocycles. The maximum Gasteiger partial charge on any atom is 0.223 e. The second kappa shape index (κ2) is 1.02. The largest absolute Gasteiger partial charge is 0.369 e. The molecule has 3 aliphatic rings. The SMILES string of the molecule is CC12CC(C(N)=O)(C1)C2. The van der Waals surface area contributed by atoms with Gasteiger partial charge < -0.3 is 5.73 Å². The third-order valence-electron chi connectivity index (χ3n) is 2.82. The molecule has 0 saturated heterocycles. The van der Waals surface area contributed by atoms with Gasteiger partial charge in [-0.15, -0.1) is 0 Å². The minimum absolute atomic E-state index is 0.0330. The topological polar surface area (TPSA) is 43.1 Å². The average Bonchev–Trinajstić information content (AvgIpc) is 1.54. The van der Waals surface area contributed by atoms with Crippen LogP contribution in [-0.2, 0) is 4.79 Å². The maximum absolute atomic E-state index is 10.7. The summed E-state index contributed by atoms with van der Waals surface area (Å²) >= 11 is 0. The monoisotopic (exact) mass is 125 g/mol. The molecule has 0 radical (unpaired) electrons. The van der Waals surface area contributed by atoms with E-state index in [-0.39, 0.29) is 11.3 Å². The van der Waals surface area contributed by atoms with Crippen molar-refractivity contribution >= 4 is 5.91 Å². The summed E-state index contributed by atoms with van der Waals surface area (Å²) in [5.41, 5.74) is 5.67. The average molecular weight is 125 g/mol. The van der Waals surface area contributed by atoms with Gasteiger partial charge in [0.15, 0.2) is 0 Å². The van der Waals surface area contributed by atoms with E-state index in [2.05, 4.69) is 6.92 Å². The fourth-order valence-corrected chi connectivity index (χ4v) is 2.56. The van der Waals surface area contributed by atoms with Crippen LogP contribution in [0.2, 0.25) is 0 Å². The first-order chi connectivity index (χ1) is 4.06. The lowest BCUT2D eigenvalue weighted by Gasteiger charge is -2.67. The van der Waals surface area contributed by atoms with Crippen molar-refractivity contribution in [2.45, 2.75) is 26.2 Å². The van der Waals surface area contributed by atoms with Crippen molar-refractivity contribution in [3.8, 4) is 0 Å². The maximum atomic E-state index is 10.7. The summed E-state index contributed by atoms with van der Waals surface area (Å²) in [6.07, 6.45) is 3.15. The third kappa shape index (κ3) is 0.406. The van der Waals surface area contributed by atoms with Crippen LogP contribution < -0.4 is 5.73 Å². The molecule has 0 atom stereocenters. The normalized spacial score (nSPS) is 53.4. The van der Waals surface area contributed by atoms with Crippen molar-refractivity contribution in [3.05, 3.63) is 0 Å². The first-order valence-electron chi connectivity index (χ1n) is 3.36. The van der Waals surface area contributed by atoms with Crippen molar-refractivity contribution in [1.82, 2.24) is 0 Å². The fraction of sp³-hybridized carbons (Fsp3) is 0.857. The van der Waals surface area contributed by atoms with Crippen molar-refractivity contribution in [2.24, 2.45) is 16.6 Å². The summed E-state index contributed by atoms with van der Waals surface area (Å²) in [6.45, 7) is 2.22. The Morgan fingerprint density at radius 3 is 2.00 bits per heavy atom. The van der Waals surface area contributed by atoms with Gasteiger partial charge >= 0.3 is 0 Å². The van der Waals surface area contributed by atoms with Crippen molar-refractivity contribution in [2.75, 3.05) is 0 Å². The molecule has 0 aromatic heterocycles. The lowest BCUT2D eigenvalue weighted by Crippen LogP contribution is -2.65. The number of nitrogens with two attached hydrogens (primary N) is 1. The number of amides is 1. The summed E-state index contributed by atoms with van der Waals surface area (Å²) < 4.78 is 0. The van der Waals surface area contributed by atoms with Gasteiger partial charge in [0, 0.05) is 0 Å².